The van der Waals surface area contributed by atoms with Crippen LogP contribution in [0.15, 0.2) is 41.1 Å². The maximum absolute atomic E-state index is 12.9. The van der Waals surface area contributed by atoms with Crippen LogP contribution in [0.5, 0.6) is 0 Å². The molecule has 0 aliphatic carbocycles. The summed E-state index contributed by atoms with van der Waals surface area (Å²) in [5.41, 5.74) is 0.566. The molecule has 1 aromatic carbocycles. The Labute approximate surface area is 184 Å². The molecule has 0 bridgehead atoms. The summed E-state index contributed by atoms with van der Waals surface area (Å²) in [4.78, 5) is 12.4. The number of rotatable bonds is 7. The van der Waals surface area contributed by atoms with Gasteiger partial charge in [0.1, 0.15) is 0 Å². The second-order valence-electron chi connectivity index (χ2n) is 6.63. The molecule has 0 aliphatic rings. The molecule has 11 heteroatoms. The van der Waals surface area contributed by atoms with Gasteiger partial charge in [-0.15, -0.1) is 0 Å². The Morgan fingerprint density at radius 3 is 2.73 bits per heavy atom. The number of aryl methyl sites for hydroxylation is 1. The molecule has 3 rings (SSSR count). The van der Waals surface area contributed by atoms with E-state index in [4.69, 9.17) is 11.6 Å². The van der Waals surface area contributed by atoms with Crippen molar-refractivity contribution in [1.82, 2.24) is 24.9 Å². The first-order valence-electron chi connectivity index (χ1n) is 9.00. The number of amides is 1. The highest BCUT2D eigenvalue weighted by Crippen LogP contribution is 2.35. The molecule has 0 saturated carbocycles. The zero-order valence-corrected chi connectivity index (χ0v) is 18.2. The summed E-state index contributed by atoms with van der Waals surface area (Å²) < 4.78 is 42.4. The summed E-state index contributed by atoms with van der Waals surface area (Å²) in [6, 6.07) is 7.16. The van der Waals surface area contributed by atoms with E-state index in [-0.39, 0.29) is 24.7 Å². The molecular weight excluding hydrogens is 487 g/mol. The molecule has 0 fully saturated rings. The summed E-state index contributed by atoms with van der Waals surface area (Å²) in [5, 5.41) is 10.1. The van der Waals surface area contributed by atoms with Gasteiger partial charge in [0, 0.05) is 24.8 Å². The third-order valence-electron chi connectivity index (χ3n) is 4.37. The third-order valence-corrected chi connectivity index (χ3v) is 5.23. The maximum Gasteiger partial charge on any atom is 0.436 e. The van der Waals surface area contributed by atoms with E-state index in [0.29, 0.717) is 18.5 Å². The molecule has 30 heavy (non-hydrogen) atoms. The predicted molar refractivity (Wildman–Crippen MR) is 109 cm³/mol. The van der Waals surface area contributed by atoms with Crippen molar-refractivity contribution in [1.29, 1.82) is 0 Å². The number of halogens is 5. The summed E-state index contributed by atoms with van der Waals surface area (Å²) >= 11 is 9.07. The topological polar surface area (TPSA) is 64.7 Å². The Morgan fingerprint density at radius 1 is 1.33 bits per heavy atom. The van der Waals surface area contributed by atoms with Gasteiger partial charge in [0.05, 0.1) is 27.9 Å². The van der Waals surface area contributed by atoms with Gasteiger partial charge < -0.3 is 5.32 Å². The molecule has 2 heterocycles. The Morgan fingerprint density at radius 2 is 2.10 bits per heavy atom. The van der Waals surface area contributed by atoms with E-state index in [1.165, 1.54) is 11.6 Å². The lowest BCUT2D eigenvalue weighted by Crippen LogP contribution is -2.25. The number of aromatic nitrogens is 4. The van der Waals surface area contributed by atoms with Crippen LogP contribution in [-0.2, 0) is 19.3 Å². The Bertz CT molecular complexity index is 1050. The van der Waals surface area contributed by atoms with Gasteiger partial charge in [-0.05, 0) is 47.0 Å². The standard InChI is InChI=1S/C19H18BrClF3N5O/c1-12-16(21)17(19(22,23)24)27-29(12)7-3-6-25-18(30)14-5-2-4-13(8-14)10-28-11-15(20)9-26-28/h2,4-5,8-9,11H,3,6-7,10H2,1H3,(H,25,30). The van der Waals surface area contributed by atoms with Crippen LogP contribution in [0.1, 0.15) is 33.7 Å². The quantitative estimate of drug-likeness (QED) is 0.475. The molecule has 3 aromatic rings. The largest absolute Gasteiger partial charge is 0.436 e. The monoisotopic (exact) mass is 503 g/mol. The normalized spacial score (nSPS) is 11.7. The number of carbonyl (C=O) groups is 1. The maximum atomic E-state index is 12.9. The second kappa shape index (κ2) is 9.22. The Hall–Kier alpha value is -2.33. The van der Waals surface area contributed by atoms with Crippen molar-refractivity contribution in [3.8, 4) is 0 Å². The average molecular weight is 505 g/mol. The first-order valence-corrected chi connectivity index (χ1v) is 10.2. The van der Waals surface area contributed by atoms with Crippen LogP contribution in [0, 0.1) is 6.92 Å². The van der Waals surface area contributed by atoms with Gasteiger partial charge in [-0.2, -0.15) is 23.4 Å². The first-order chi connectivity index (χ1) is 14.1. The fraction of sp³-hybridized carbons (Fsp3) is 0.316. The van der Waals surface area contributed by atoms with Crippen molar-refractivity contribution in [3.63, 3.8) is 0 Å². The Kier molecular flexibility index (Phi) is 6.87. The van der Waals surface area contributed by atoms with E-state index in [0.717, 1.165) is 10.0 Å². The van der Waals surface area contributed by atoms with Gasteiger partial charge >= 0.3 is 6.18 Å². The van der Waals surface area contributed by atoms with Gasteiger partial charge in [0.15, 0.2) is 5.69 Å². The van der Waals surface area contributed by atoms with Crippen molar-refractivity contribution in [2.45, 2.75) is 32.6 Å². The number of alkyl halides is 3. The van der Waals surface area contributed by atoms with E-state index in [1.54, 1.807) is 29.1 Å². The molecule has 0 unspecified atom stereocenters. The Balaban J connectivity index is 1.53. The zero-order valence-electron chi connectivity index (χ0n) is 15.9. The molecule has 1 N–H and O–H groups in total. The number of nitrogens with one attached hydrogen (secondary N) is 1. The number of nitrogens with zero attached hydrogens (tertiary/aromatic N) is 4. The van der Waals surface area contributed by atoms with Crippen LogP contribution in [0.3, 0.4) is 0 Å². The van der Waals surface area contributed by atoms with Crippen LogP contribution in [0.2, 0.25) is 5.02 Å². The van der Waals surface area contributed by atoms with E-state index >= 15 is 0 Å². The minimum Gasteiger partial charge on any atom is -0.352 e. The first kappa shape index (κ1) is 22.4. The van der Waals surface area contributed by atoms with Crippen molar-refractivity contribution in [2.75, 3.05) is 6.54 Å². The van der Waals surface area contributed by atoms with E-state index in [9.17, 15) is 18.0 Å². The van der Waals surface area contributed by atoms with Gasteiger partial charge in [-0.1, -0.05) is 23.7 Å². The molecule has 0 spiro atoms. The molecule has 1 amide bonds. The molecule has 0 saturated heterocycles. The van der Waals surface area contributed by atoms with Gasteiger partial charge in [0.2, 0.25) is 0 Å². The van der Waals surface area contributed by atoms with Crippen LogP contribution < -0.4 is 5.32 Å². The average Bonchev–Trinajstić information content (AvgIpc) is 3.22. The van der Waals surface area contributed by atoms with Gasteiger partial charge in [-0.25, -0.2) is 0 Å². The van der Waals surface area contributed by atoms with E-state index < -0.39 is 16.9 Å². The summed E-state index contributed by atoms with van der Waals surface area (Å²) in [5.74, 6) is -0.260. The number of benzene rings is 1. The van der Waals surface area contributed by atoms with Gasteiger partial charge in [0.25, 0.3) is 5.91 Å². The predicted octanol–water partition coefficient (Wildman–Crippen LogP) is 4.69. The molecule has 0 atom stereocenters. The summed E-state index contributed by atoms with van der Waals surface area (Å²) in [6.07, 6.45) is -0.676. The molecule has 2 aromatic heterocycles. The van der Waals surface area contributed by atoms with Crippen LogP contribution in [0.4, 0.5) is 13.2 Å². The minimum absolute atomic E-state index is 0.204. The number of hydrogen-bond acceptors (Lipinski definition) is 3. The lowest BCUT2D eigenvalue weighted by atomic mass is 10.1. The molecular formula is C19H18BrClF3N5O. The fourth-order valence-corrected chi connectivity index (χ4v) is 3.45. The van der Waals surface area contributed by atoms with Crippen LogP contribution in [-0.4, -0.2) is 32.0 Å². The highest BCUT2D eigenvalue weighted by molar-refractivity contribution is 9.10. The van der Waals surface area contributed by atoms with Crippen molar-refractivity contribution in [2.24, 2.45) is 0 Å². The number of hydrogen-bond donors (Lipinski definition) is 1. The molecule has 6 nitrogen and oxygen atoms in total. The highest BCUT2D eigenvalue weighted by Gasteiger charge is 2.38. The number of carbonyl (C=O) groups excluding carboxylic acids is 1. The van der Waals surface area contributed by atoms with Crippen LogP contribution in [0.25, 0.3) is 0 Å². The van der Waals surface area contributed by atoms with Gasteiger partial charge in [-0.3, -0.25) is 14.2 Å². The summed E-state index contributed by atoms with van der Waals surface area (Å²) in [7, 11) is 0. The fourth-order valence-electron chi connectivity index (χ4n) is 2.88. The summed E-state index contributed by atoms with van der Waals surface area (Å²) in [6.45, 7) is 2.49. The van der Waals surface area contributed by atoms with Crippen molar-refractivity contribution in [3.05, 3.63) is 68.7 Å². The molecule has 160 valence electrons. The van der Waals surface area contributed by atoms with Crippen molar-refractivity contribution >= 4 is 33.4 Å². The molecule has 0 radical (unpaired) electrons. The van der Waals surface area contributed by atoms with E-state index in [1.807, 2.05) is 12.3 Å². The lowest BCUT2D eigenvalue weighted by Gasteiger charge is -2.08. The second-order valence-corrected chi connectivity index (χ2v) is 7.93. The zero-order chi connectivity index (χ0) is 21.9. The highest BCUT2D eigenvalue weighted by atomic mass is 79.9. The van der Waals surface area contributed by atoms with Crippen molar-refractivity contribution < 1.29 is 18.0 Å². The smallest absolute Gasteiger partial charge is 0.352 e. The van der Waals surface area contributed by atoms with Crippen LogP contribution >= 0.6 is 27.5 Å². The third kappa shape index (κ3) is 5.42. The SMILES string of the molecule is Cc1c(Cl)c(C(F)(F)F)nn1CCCNC(=O)c1cccc(Cn2cc(Br)cn2)c1. The lowest BCUT2D eigenvalue weighted by molar-refractivity contribution is -0.141. The van der Waals surface area contributed by atoms with E-state index in [2.05, 4.69) is 31.4 Å². The molecule has 0 aliphatic heterocycles. The minimum atomic E-state index is -4.60.